The predicted octanol–water partition coefficient (Wildman–Crippen LogP) is 1.77. The molecule has 0 saturated heterocycles. The van der Waals surface area contributed by atoms with Crippen molar-refractivity contribution in [3.8, 4) is 11.5 Å². The lowest BCUT2D eigenvalue weighted by Gasteiger charge is -2.07. The van der Waals surface area contributed by atoms with Crippen LogP contribution in [0.15, 0.2) is 42.5 Å². The second-order valence-electron chi connectivity index (χ2n) is 4.44. The molecule has 6 nitrogen and oxygen atoms in total. The van der Waals surface area contributed by atoms with Crippen LogP contribution in [0, 0.1) is 0 Å². The smallest absolute Gasteiger partial charge is 0.259 e. The molecule has 1 heterocycles. The average Bonchev–Trinajstić information content (AvgIpc) is 2.96. The van der Waals surface area contributed by atoms with E-state index in [0.717, 1.165) is 0 Å². The molecule has 0 saturated carbocycles. The summed E-state index contributed by atoms with van der Waals surface area (Å²) in [5.41, 5.74) is 6.49. The number of carbonyl (C=O) groups is 2. The Morgan fingerprint density at radius 3 is 2.52 bits per heavy atom. The van der Waals surface area contributed by atoms with E-state index in [1.807, 2.05) is 0 Å². The van der Waals surface area contributed by atoms with E-state index in [4.69, 9.17) is 15.2 Å². The quantitative estimate of drug-likeness (QED) is 0.898. The highest BCUT2D eigenvalue weighted by Crippen LogP contribution is 2.35. The number of para-hydroxylation sites is 1. The molecule has 3 N–H and O–H groups in total. The largest absolute Gasteiger partial charge is 0.454 e. The van der Waals surface area contributed by atoms with Gasteiger partial charge in [0.05, 0.1) is 5.56 Å². The van der Waals surface area contributed by atoms with E-state index < -0.39 is 5.91 Å². The number of nitrogens with one attached hydrogen (secondary N) is 1. The van der Waals surface area contributed by atoms with Gasteiger partial charge in [-0.2, -0.15) is 0 Å². The number of benzene rings is 2. The number of amides is 2. The van der Waals surface area contributed by atoms with Gasteiger partial charge in [-0.05, 0) is 36.4 Å². The predicted molar refractivity (Wildman–Crippen MR) is 75.5 cm³/mol. The molecule has 1 aliphatic rings. The Morgan fingerprint density at radius 2 is 1.81 bits per heavy atom. The molecule has 21 heavy (non-hydrogen) atoms. The molecule has 1 aliphatic heterocycles. The van der Waals surface area contributed by atoms with Crippen LogP contribution in [0.25, 0.3) is 0 Å². The highest BCUT2D eigenvalue weighted by atomic mass is 16.7. The summed E-state index contributed by atoms with van der Waals surface area (Å²) in [5, 5.41) is 2.73. The fourth-order valence-corrected chi connectivity index (χ4v) is 2.03. The molecule has 3 rings (SSSR count). The topological polar surface area (TPSA) is 90.7 Å². The van der Waals surface area contributed by atoms with Crippen LogP contribution in [-0.2, 0) is 0 Å². The third-order valence-electron chi connectivity index (χ3n) is 3.07. The van der Waals surface area contributed by atoms with E-state index in [9.17, 15) is 9.59 Å². The maximum Gasteiger partial charge on any atom is 0.259 e. The molecule has 0 radical (unpaired) electrons. The van der Waals surface area contributed by atoms with Gasteiger partial charge in [-0.3, -0.25) is 9.59 Å². The van der Waals surface area contributed by atoms with Gasteiger partial charge in [-0.15, -0.1) is 0 Å². The van der Waals surface area contributed by atoms with Gasteiger partial charge in [0.2, 0.25) is 12.7 Å². The third-order valence-corrected chi connectivity index (χ3v) is 3.07. The summed E-state index contributed by atoms with van der Waals surface area (Å²) in [5.74, 6) is 0.152. The van der Waals surface area contributed by atoms with Crippen molar-refractivity contribution in [2.75, 3.05) is 12.1 Å². The minimum Gasteiger partial charge on any atom is -0.454 e. The van der Waals surface area contributed by atoms with Crippen molar-refractivity contribution in [2.24, 2.45) is 5.73 Å². The Bertz CT molecular complexity index is 710. The van der Waals surface area contributed by atoms with Crippen LogP contribution in [-0.4, -0.2) is 18.6 Å². The highest BCUT2D eigenvalue weighted by molar-refractivity contribution is 6.07. The van der Waals surface area contributed by atoms with Crippen molar-refractivity contribution < 1.29 is 19.1 Å². The highest BCUT2D eigenvalue weighted by Gasteiger charge is 2.21. The molecular formula is C15H12N2O4. The van der Waals surface area contributed by atoms with E-state index in [-0.39, 0.29) is 12.7 Å². The van der Waals surface area contributed by atoms with Gasteiger partial charge in [0.25, 0.3) is 5.91 Å². The Balaban J connectivity index is 1.81. The van der Waals surface area contributed by atoms with Crippen molar-refractivity contribution in [3.05, 3.63) is 53.6 Å². The summed E-state index contributed by atoms with van der Waals surface area (Å²) in [7, 11) is 0. The van der Waals surface area contributed by atoms with Crippen LogP contribution < -0.4 is 20.5 Å². The zero-order valence-corrected chi connectivity index (χ0v) is 11.0. The summed E-state index contributed by atoms with van der Waals surface area (Å²) in [6.07, 6.45) is 0. The van der Waals surface area contributed by atoms with Gasteiger partial charge in [-0.1, -0.05) is 6.07 Å². The molecule has 0 spiro atoms. The first kappa shape index (κ1) is 13.0. The van der Waals surface area contributed by atoms with Crippen LogP contribution in [0.5, 0.6) is 11.5 Å². The summed E-state index contributed by atoms with van der Waals surface area (Å²) in [6.45, 7) is 0.104. The van der Waals surface area contributed by atoms with Crippen molar-refractivity contribution in [2.45, 2.75) is 0 Å². The van der Waals surface area contributed by atoms with E-state index in [1.165, 1.54) is 0 Å². The Kier molecular flexibility index (Phi) is 3.19. The monoisotopic (exact) mass is 284 g/mol. The van der Waals surface area contributed by atoms with Crippen LogP contribution >= 0.6 is 0 Å². The second kappa shape index (κ2) is 5.16. The molecule has 106 valence electrons. The molecule has 6 heteroatoms. The summed E-state index contributed by atoms with van der Waals surface area (Å²) in [4.78, 5) is 23.2. The second-order valence-corrected chi connectivity index (χ2v) is 4.44. The maximum atomic E-state index is 12.3. The molecule has 2 amide bonds. The van der Waals surface area contributed by atoms with Gasteiger partial charge >= 0.3 is 0 Å². The fourth-order valence-electron chi connectivity index (χ4n) is 2.03. The van der Waals surface area contributed by atoms with Gasteiger partial charge in [0.1, 0.15) is 0 Å². The van der Waals surface area contributed by atoms with E-state index in [2.05, 4.69) is 5.32 Å². The lowest BCUT2D eigenvalue weighted by Crippen LogP contribution is -2.14. The number of carbonyl (C=O) groups excluding carboxylic acids is 2. The molecule has 0 fully saturated rings. The molecule has 2 aromatic carbocycles. The normalized spacial score (nSPS) is 12.0. The zero-order valence-electron chi connectivity index (χ0n) is 11.0. The molecule has 0 aromatic heterocycles. The number of primary amides is 1. The van der Waals surface area contributed by atoms with E-state index in [0.29, 0.717) is 28.3 Å². The first-order valence-corrected chi connectivity index (χ1v) is 6.25. The van der Waals surface area contributed by atoms with Crippen LogP contribution in [0.3, 0.4) is 0 Å². The van der Waals surface area contributed by atoms with Gasteiger partial charge in [0, 0.05) is 11.3 Å². The lowest BCUT2D eigenvalue weighted by atomic mass is 10.1. The van der Waals surface area contributed by atoms with E-state index in [1.54, 1.807) is 42.5 Å². The van der Waals surface area contributed by atoms with Crippen LogP contribution in [0.1, 0.15) is 20.7 Å². The number of anilines is 1. The number of rotatable bonds is 3. The number of hydrogen-bond acceptors (Lipinski definition) is 4. The van der Waals surface area contributed by atoms with Gasteiger partial charge < -0.3 is 20.5 Å². The molecular weight excluding hydrogens is 272 g/mol. The average molecular weight is 284 g/mol. The Morgan fingerprint density at radius 1 is 1.05 bits per heavy atom. The fraction of sp³-hybridized carbons (Fsp3) is 0.0667. The van der Waals surface area contributed by atoms with Gasteiger partial charge in [0.15, 0.2) is 11.5 Å². The summed E-state index contributed by atoms with van der Waals surface area (Å²) < 4.78 is 10.5. The number of hydrogen-bond donors (Lipinski definition) is 2. The minimum absolute atomic E-state index is 0.104. The van der Waals surface area contributed by atoms with Crippen LogP contribution in [0.2, 0.25) is 0 Å². The third kappa shape index (κ3) is 2.51. The minimum atomic E-state index is -0.515. The number of nitrogens with two attached hydrogens (primary N) is 1. The van der Waals surface area contributed by atoms with Crippen molar-refractivity contribution in [1.29, 1.82) is 0 Å². The molecule has 0 unspecified atom stereocenters. The van der Waals surface area contributed by atoms with Crippen molar-refractivity contribution >= 4 is 17.5 Å². The molecule has 0 aliphatic carbocycles. The summed E-state index contributed by atoms with van der Waals surface area (Å²) in [6, 6.07) is 11.4. The first-order valence-electron chi connectivity index (χ1n) is 6.25. The molecule has 0 atom stereocenters. The maximum absolute atomic E-state index is 12.3. The molecule has 2 aromatic rings. The first-order chi connectivity index (χ1) is 10.1. The number of ether oxygens (including phenoxy) is 2. The Hall–Kier alpha value is -3.02. The van der Waals surface area contributed by atoms with E-state index >= 15 is 0 Å². The van der Waals surface area contributed by atoms with Crippen LogP contribution in [0.4, 0.5) is 5.69 Å². The van der Waals surface area contributed by atoms with Gasteiger partial charge in [-0.25, -0.2) is 0 Å². The van der Waals surface area contributed by atoms with Crippen molar-refractivity contribution in [1.82, 2.24) is 0 Å². The lowest BCUT2D eigenvalue weighted by molar-refractivity contribution is 0.0997. The standard InChI is InChI=1S/C15H12N2O4/c16-14(18)9-4-6-10(7-5-9)17-15(19)11-2-1-3-12-13(11)21-8-20-12/h1-7H,8H2,(H2,16,18)(H,17,19). The molecule has 0 bridgehead atoms. The number of fused-ring (bicyclic) bond motifs is 1. The summed E-state index contributed by atoms with van der Waals surface area (Å²) >= 11 is 0. The Labute approximate surface area is 120 Å². The SMILES string of the molecule is NC(=O)c1ccc(NC(=O)c2cccc3c2OCO3)cc1. The zero-order chi connectivity index (χ0) is 14.8. The van der Waals surface area contributed by atoms with Crippen molar-refractivity contribution in [3.63, 3.8) is 0 Å².